The second kappa shape index (κ2) is 9.82. The van der Waals surface area contributed by atoms with Gasteiger partial charge in [0.25, 0.3) is 0 Å². The summed E-state index contributed by atoms with van der Waals surface area (Å²) in [6.45, 7) is 1.87. The summed E-state index contributed by atoms with van der Waals surface area (Å²) in [5.41, 5.74) is 1.40. The molecule has 9 heteroatoms. The standard InChI is InChI=1S/C22H20F3NO4S/c1-14-11-17(8-9-19(14)30-12-21(27)28)29-10-2-3-20-26-18(13-31-20)15-4-6-16(7-5-15)22(23,24)25/h4-9,11,13H,2-3,10,12H2,1H3,(H,27,28). The molecular formula is C22H20F3NO4S. The third-order valence-corrected chi connectivity index (χ3v) is 5.27. The van der Waals surface area contributed by atoms with E-state index in [9.17, 15) is 18.0 Å². The summed E-state index contributed by atoms with van der Waals surface area (Å²) in [7, 11) is 0. The highest BCUT2D eigenvalue weighted by molar-refractivity contribution is 7.09. The van der Waals surface area contributed by atoms with E-state index in [2.05, 4.69) is 4.98 Å². The molecule has 164 valence electrons. The van der Waals surface area contributed by atoms with E-state index in [0.29, 0.717) is 35.8 Å². The number of carbonyl (C=O) groups is 1. The van der Waals surface area contributed by atoms with E-state index in [4.69, 9.17) is 14.6 Å². The third kappa shape index (κ3) is 6.45. The highest BCUT2D eigenvalue weighted by atomic mass is 32.1. The van der Waals surface area contributed by atoms with Crippen LogP contribution in [0.4, 0.5) is 13.2 Å². The third-order valence-electron chi connectivity index (χ3n) is 4.36. The Labute approximate surface area is 181 Å². The highest BCUT2D eigenvalue weighted by Gasteiger charge is 2.30. The van der Waals surface area contributed by atoms with Gasteiger partial charge in [-0.3, -0.25) is 0 Å². The summed E-state index contributed by atoms with van der Waals surface area (Å²) >= 11 is 1.46. The van der Waals surface area contributed by atoms with Crippen molar-refractivity contribution in [1.82, 2.24) is 4.98 Å². The van der Waals surface area contributed by atoms with Crippen molar-refractivity contribution in [2.24, 2.45) is 0 Å². The van der Waals surface area contributed by atoms with Crippen LogP contribution in [-0.4, -0.2) is 29.3 Å². The van der Waals surface area contributed by atoms with Crippen molar-refractivity contribution < 1.29 is 32.5 Å². The number of carboxylic acids is 1. The lowest BCUT2D eigenvalue weighted by Gasteiger charge is -2.10. The van der Waals surface area contributed by atoms with Gasteiger partial charge >= 0.3 is 12.1 Å². The normalized spacial score (nSPS) is 11.4. The number of hydrogen-bond donors (Lipinski definition) is 1. The second-order valence-corrected chi connectivity index (χ2v) is 7.71. The molecule has 0 fully saturated rings. The topological polar surface area (TPSA) is 68.7 Å². The minimum Gasteiger partial charge on any atom is -0.494 e. The number of benzene rings is 2. The Morgan fingerprint density at radius 2 is 1.87 bits per heavy atom. The SMILES string of the molecule is Cc1cc(OCCCc2nc(-c3ccc(C(F)(F)F)cc3)cs2)ccc1OCC(=O)O. The lowest BCUT2D eigenvalue weighted by atomic mass is 10.1. The Bertz CT molecular complexity index is 1030. The molecule has 31 heavy (non-hydrogen) atoms. The summed E-state index contributed by atoms with van der Waals surface area (Å²) < 4.78 is 48.9. The molecule has 0 radical (unpaired) electrons. The van der Waals surface area contributed by atoms with E-state index in [1.807, 2.05) is 12.3 Å². The molecule has 0 atom stereocenters. The molecule has 0 saturated carbocycles. The Hall–Kier alpha value is -3.07. The Morgan fingerprint density at radius 1 is 1.13 bits per heavy atom. The smallest absolute Gasteiger partial charge is 0.416 e. The van der Waals surface area contributed by atoms with Crippen molar-refractivity contribution in [1.29, 1.82) is 0 Å². The van der Waals surface area contributed by atoms with Crippen LogP contribution in [0.2, 0.25) is 0 Å². The van der Waals surface area contributed by atoms with Crippen molar-refractivity contribution in [3.63, 3.8) is 0 Å². The van der Waals surface area contributed by atoms with E-state index in [0.717, 1.165) is 29.1 Å². The Balaban J connectivity index is 1.48. The molecule has 5 nitrogen and oxygen atoms in total. The zero-order valence-electron chi connectivity index (χ0n) is 16.6. The van der Waals surface area contributed by atoms with Gasteiger partial charge in [0, 0.05) is 17.4 Å². The molecule has 0 bridgehead atoms. The van der Waals surface area contributed by atoms with Gasteiger partial charge in [0.05, 0.1) is 22.9 Å². The number of nitrogens with zero attached hydrogens (tertiary/aromatic N) is 1. The van der Waals surface area contributed by atoms with Gasteiger partial charge in [0.1, 0.15) is 11.5 Å². The number of aliphatic carboxylic acids is 1. The van der Waals surface area contributed by atoms with Gasteiger partial charge in [-0.05, 0) is 49.2 Å². The molecule has 1 heterocycles. The minimum atomic E-state index is -4.35. The molecule has 0 aliphatic rings. The average molecular weight is 451 g/mol. The van der Waals surface area contributed by atoms with Crippen molar-refractivity contribution in [2.45, 2.75) is 25.9 Å². The van der Waals surface area contributed by atoms with Crippen LogP contribution in [0.5, 0.6) is 11.5 Å². The summed E-state index contributed by atoms with van der Waals surface area (Å²) in [6.07, 6.45) is -2.95. The summed E-state index contributed by atoms with van der Waals surface area (Å²) in [5.74, 6) is 0.112. The van der Waals surface area contributed by atoms with Crippen LogP contribution in [0.1, 0.15) is 22.6 Å². The fourth-order valence-corrected chi connectivity index (χ4v) is 3.66. The van der Waals surface area contributed by atoms with Crippen LogP contribution < -0.4 is 9.47 Å². The van der Waals surface area contributed by atoms with E-state index in [1.54, 1.807) is 18.2 Å². The maximum atomic E-state index is 12.7. The van der Waals surface area contributed by atoms with Gasteiger partial charge in [-0.25, -0.2) is 9.78 Å². The van der Waals surface area contributed by atoms with E-state index in [-0.39, 0.29) is 0 Å². The van der Waals surface area contributed by atoms with E-state index in [1.165, 1.54) is 23.5 Å². The zero-order chi connectivity index (χ0) is 22.4. The van der Waals surface area contributed by atoms with Gasteiger partial charge in [0.15, 0.2) is 6.61 Å². The first kappa shape index (κ1) is 22.6. The summed E-state index contributed by atoms with van der Waals surface area (Å²) in [5, 5.41) is 11.4. The number of rotatable bonds is 9. The zero-order valence-corrected chi connectivity index (χ0v) is 17.4. The number of alkyl halides is 3. The van der Waals surface area contributed by atoms with Crippen LogP contribution >= 0.6 is 11.3 Å². The fraction of sp³-hybridized carbons (Fsp3) is 0.273. The molecular weight excluding hydrogens is 431 g/mol. The minimum absolute atomic E-state index is 0.399. The molecule has 0 unspecified atom stereocenters. The lowest BCUT2D eigenvalue weighted by molar-refractivity contribution is -0.139. The van der Waals surface area contributed by atoms with Crippen molar-refractivity contribution in [2.75, 3.05) is 13.2 Å². The maximum absolute atomic E-state index is 12.7. The number of halogens is 3. The lowest BCUT2D eigenvalue weighted by Crippen LogP contribution is -2.10. The van der Waals surface area contributed by atoms with E-state index < -0.39 is 24.3 Å². The molecule has 0 amide bonds. The first-order valence-electron chi connectivity index (χ1n) is 9.42. The Kier molecular flexibility index (Phi) is 7.17. The summed E-state index contributed by atoms with van der Waals surface area (Å²) in [6, 6.07) is 10.1. The number of aromatic nitrogens is 1. The Morgan fingerprint density at radius 3 is 2.52 bits per heavy atom. The number of hydrogen-bond acceptors (Lipinski definition) is 5. The van der Waals surface area contributed by atoms with Crippen LogP contribution in [0, 0.1) is 6.92 Å². The predicted molar refractivity (Wildman–Crippen MR) is 111 cm³/mol. The van der Waals surface area contributed by atoms with Crippen LogP contribution in [-0.2, 0) is 17.4 Å². The molecule has 1 aromatic heterocycles. The molecule has 3 rings (SSSR count). The van der Waals surface area contributed by atoms with Crippen molar-refractivity contribution in [3.8, 4) is 22.8 Å². The number of thiazole rings is 1. The number of ether oxygens (including phenoxy) is 2. The van der Waals surface area contributed by atoms with Crippen molar-refractivity contribution >= 4 is 17.3 Å². The fourth-order valence-electron chi connectivity index (χ4n) is 2.81. The van der Waals surface area contributed by atoms with Crippen LogP contribution in [0.25, 0.3) is 11.3 Å². The largest absolute Gasteiger partial charge is 0.494 e. The van der Waals surface area contributed by atoms with Crippen LogP contribution in [0.3, 0.4) is 0 Å². The molecule has 3 aromatic rings. The summed E-state index contributed by atoms with van der Waals surface area (Å²) in [4.78, 5) is 15.1. The van der Waals surface area contributed by atoms with Gasteiger partial charge < -0.3 is 14.6 Å². The van der Waals surface area contributed by atoms with E-state index >= 15 is 0 Å². The van der Waals surface area contributed by atoms with Gasteiger partial charge in [-0.2, -0.15) is 13.2 Å². The van der Waals surface area contributed by atoms with Gasteiger partial charge in [-0.1, -0.05) is 12.1 Å². The average Bonchev–Trinajstić information content (AvgIpc) is 3.19. The van der Waals surface area contributed by atoms with Gasteiger partial charge in [0.2, 0.25) is 0 Å². The van der Waals surface area contributed by atoms with Crippen LogP contribution in [0.15, 0.2) is 47.8 Å². The number of carboxylic acid groups (broad SMARTS) is 1. The first-order chi connectivity index (χ1) is 14.7. The first-order valence-corrected chi connectivity index (χ1v) is 10.3. The molecule has 2 aromatic carbocycles. The molecule has 0 aliphatic carbocycles. The monoisotopic (exact) mass is 451 g/mol. The van der Waals surface area contributed by atoms with Gasteiger partial charge in [-0.15, -0.1) is 11.3 Å². The highest BCUT2D eigenvalue weighted by Crippen LogP contribution is 2.31. The molecule has 1 N–H and O–H groups in total. The number of aryl methyl sites for hydroxylation is 2. The molecule has 0 spiro atoms. The molecule has 0 aliphatic heterocycles. The second-order valence-electron chi connectivity index (χ2n) is 6.76. The maximum Gasteiger partial charge on any atom is 0.416 e. The quantitative estimate of drug-likeness (QED) is 0.428. The predicted octanol–water partition coefficient (Wildman–Crippen LogP) is 5.61. The van der Waals surface area contributed by atoms with Crippen molar-refractivity contribution in [3.05, 3.63) is 64.0 Å². The molecule has 0 saturated heterocycles.